The fourth-order valence-corrected chi connectivity index (χ4v) is 2.64. The number of hydrogen-bond acceptors (Lipinski definition) is 5. The molecule has 9 heteroatoms. The van der Waals surface area contributed by atoms with Crippen molar-refractivity contribution in [1.82, 2.24) is 14.5 Å². The molecule has 3 rings (SSSR count). The second kappa shape index (κ2) is 6.80. The monoisotopic (exact) mass is 347 g/mol. The van der Waals surface area contributed by atoms with Gasteiger partial charge in [-0.25, -0.2) is 9.97 Å². The number of hydrogen-bond donors (Lipinski definition) is 1. The SMILES string of the molecule is C[C@@H](CNc1ncccc1[N+](=O)[O-])c1nc2ccccc2n1C(F)F. The summed E-state index contributed by atoms with van der Waals surface area (Å²) < 4.78 is 27.9. The van der Waals surface area contributed by atoms with Gasteiger partial charge < -0.3 is 5.32 Å². The Morgan fingerprint density at radius 2 is 2.04 bits per heavy atom. The van der Waals surface area contributed by atoms with Gasteiger partial charge in [-0.15, -0.1) is 0 Å². The lowest BCUT2D eigenvalue weighted by molar-refractivity contribution is -0.384. The van der Waals surface area contributed by atoms with Gasteiger partial charge in [-0.05, 0) is 18.2 Å². The Bertz CT molecular complexity index is 912. The average Bonchev–Trinajstić information content (AvgIpc) is 2.99. The number of benzene rings is 1. The highest BCUT2D eigenvalue weighted by Gasteiger charge is 2.22. The van der Waals surface area contributed by atoms with Crippen molar-refractivity contribution in [2.75, 3.05) is 11.9 Å². The number of aromatic nitrogens is 3. The van der Waals surface area contributed by atoms with Crippen molar-refractivity contribution in [3.8, 4) is 0 Å². The third-order valence-corrected chi connectivity index (χ3v) is 3.82. The van der Waals surface area contributed by atoms with Crippen LogP contribution in [0.15, 0.2) is 42.6 Å². The summed E-state index contributed by atoms with van der Waals surface area (Å²) in [6.45, 7) is -0.829. The fourth-order valence-electron chi connectivity index (χ4n) is 2.64. The van der Waals surface area contributed by atoms with E-state index in [9.17, 15) is 18.9 Å². The zero-order chi connectivity index (χ0) is 18.0. The molecule has 0 amide bonds. The van der Waals surface area contributed by atoms with Crippen LogP contribution < -0.4 is 5.32 Å². The maximum Gasteiger partial charge on any atom is 0.320 e. The number of nitrogens with one attached hydrogen (secondary N) is 1. The molecule has 130 valence electrons. The quantitative estimate of drug-likeness (QED) is 0.539. The van der Waals surface area contributed by atoms with Crippen LogP contribution in [-0.4, -0.2) is 26.0 Å². The van der Waals surface area contributed by atoms with Crippen molar-refractivity contribution in [2.45, 2.75) is 19.4 Å². The Hall–Kier alpha value is -3.10. The van der Waals surface area contributed by atoms with Gasteiger partial charge in [0.2, 0.25) is 5.82 Å². The molecule has 0 bridgehead atoms. The van der Waals surface area contributed by atoms with Crippen molar-refractivity contribution in [1.29, 1.82) is 0 Å². The molecular formula is C16H15F2N5O2. The molecule has 0 saturated carbocycles. The maximum atomic E-state index is 13.5. The first-order chi connectivity index (χ1) is 12.0. The van der Waals surface area contributed by atoms with Crippen molar-refractivity contribution < 1.29 is 13.7 Å². The number of halogens is 2. The third kappa shape index (κ3) is 3.25. The molecule has 0 spiro atoms. The summed E-state index contributed by atoms with van der Waals surface area (Å²) in [6, 6.07) is 9.45. The van der Waals surface area contributed by atoms with Gasteiger partial charge in [0.15, 0.2) is 0 Å². The van der Waals surface area contributed by atoms with E-state index in [0.717, 1.165) is 4.57 Å². The van der Waals surface area contributed by atoms with Crippen LogP contribution in [0.4, 0.5) is 20.3 Å². The van der Waals surface area contributed by atoms with Gasteiger partial charge in [0.05, 0.1) is 16.0 Å². The first kappa shape index (κ1) is 16.7. The van der Waals surface area contributed by atoms with E-state index >= 15 is 0 Å². The van der Waals surface area contributed by atoms with E-state index in [-0.39, 0.29) is 23.9 Å². The molecule has 0 aliphatic rings. The van der Waals surface area contributed by atoms with E-state index in [1.54, 1.807) is 31.2 Å². The minimum Gasteiger partial charge on any atom is -0.364 e. The molecule has 0 fully saturated rings. The minimum atomic E-state index is -2.73. The first-order valence-electron chi connectivity index (χ1n) is 7.57. The van der Waals surface area contributed by atoms with E-state index in [1.165, 1.54) is 18.3 Å². The third-order valence-electron chi connectivity index (χ3n) is 3.82. The molecule has 1 N–H and O–H groups in total. The largest absolute Gasteiger partial charge is 0.364 e. The molecule has 0 radical (unpaired) electrons. The molecule has 7 nitrogen and oxygen atoms in total. The number of imidazole rings is 1. The predicted octanol–water partition coefficient (Wildman–Crippen LogP) is 3.95. The molecule has 2 aromatic heterocycles. The summed E-state index contributed by atoms with van der Waals surface area (Å²) in [6.07, 6.45) is 1.42. The van der Waals surface area contributed by atoms with Crippen LogP contribution in [0.5, 0.6) is 0 Å². The van der Waals surface area contributed by atoms with E-state index in [0.29, 0.717) is 11.0 Å². The van der Waals surface area contributed by atoms with Gasteiger partial charge in [0, 0.05) is 24.7 Å². The summed E-state index contributed by atoms with van der Waals surface area (Å²) >= 11 is 0. The molecule has 0 aliphatic carbocycles. The first-order valence-corrected chi connectivity index (χ1v) is 7.57. The average molecular weight is 347 g/mol. The standard InChI is InChI=1S/C16H15F2N5O2/c1-10(9-20-14-13(23(24)25)7-4-8-19-14)15-21-11-5-2-3-6-12(11)22(15)16(17)18/h2-8,10,16H,9H2,1H3,(H,19,20)/t10-/m0/s1. The Balaban J connectivity index is 1.87. The summed E-state index contributed by atoms with van der Waals surface area (Å²) in [4.78, 5) is 18.7. The van der Waals surface area contributed by atoms with Gasteiger partial charge in [0.25, 0.3) is 0 Å². The summed E-state index contributed by atoms with van der Waals surface area (Å²) in [5, 5.41) is 13.9. The Labute approximate surface area is 141 Å². The van der Waals surface area contributed by atoms with Crippen LogP contribution in [-0.2, 0) is 0 Å². The summed E-state index contributed by atoms with van der Waals surface area (Å²) in [5.41, 5.74) is 0.661. The van der Waals surface area contributed by atoms with Crippen LogP contribution in [0.3, 0.4) is 0 Å². The second-order valence-corrected chi connectivity index (χ2v) is 5.52. The topological polar surface area (TPSA) is 85.9 Å². The zero-order valence-electron chi connectivity index (χ0n) is 13.3. The zero-order valence-corrected chi connectivity index (χ0v) is 13.3. The normalized spacial score (nSPS) is 12.5. The number of nitro groups is 1. The number of anilines is 1. The van der Waals surface area contributed by atoms with Gasteiger partial charge in [-0.3, -0.25) is 14.7 Å². The minimum absolute atomic E-state index is 0.0964. The van der Waals surface area contributed by atoms with Gasteiger partial charge in [-0.2, -0.15) is 8.78 Å². The maximum absolute atomic E-state index is 13.5. The summed E-state index contributed by atoms with van der Waals surface area (Å²) in [5.74, 6) is -0.107. The molecule has 0 aliphatic heterocycles. The molecular weight excluding hydrogens is 332 g/mol. The highest BCUT2D eigenvalue weighted by molar-refractivity contribution is 5.76. The van der Waals surface area contributed by atoms with Crippen LogP contribution in [0.1, 0.15) is 25.2 Å². The van der Waals surface area contributed by atoms with Crippen molar-refractivity contribution in [2.24, 2.45) is 0 Å². The van der Waals surface area contributed by atoms with Gasteiger partial charge in [-0.1, -0.05) is 19.1 Å². The van der Waals surface area contributed by atoms with Crippen LogP contribution in [0.25, 0.3) is 11.0 Å². The number of rotatable bonds is 6. The van der Waals surface area contributed by atoms with Crippen LogP contribution in [0, 0.1) is 10.1 Å². The lowest BCUT2D eigenvalue weighted by Gasteiger charge is -2.15. The van der Waals surface area contributed by atoms with E-state index in [2.05, 4.69) is 15.3 Å². The van der Waals surface area contributed by atoms with E-state index in [4.69, 9.17) is 0 Å². The molecule has 25 heavy (non-hydrogen) atoms. The van der Waals surface area contributed by atoms with E-state index < -0.39 is 17.4 Å². The molecule has 1 atom stereocenters. The number of fused-ring (bicyclic) bond motifs is 1. The fraction of sp³-hybridized carbons (Fsp3) is 0.250. The van der Waals surface area contributed by atoms with Crippen LogP contribution in [0.2, 0.25) is 0 Å². The van der Waals surface area contributed by atoms with E-state index in [1.807, 2.05) is 0 Å². The molecule has 1 aromatic carbocycles. The smallest absolute Gasteiger partial charge is 0.320 e. The Morgan fingerprint density at radius 3 is 2.76 bits per heavy atom. The number of nitrogens with zero attached hydrogens (tertiary/aromatic N) is 4. The summed E-state index contributed by atoms with van der Waals surface area (Å²) in [7, 11) is 0. The molecule has 3 aromatic rings. The van der Waals surface area contributed by atoms with Gasteiger partial charge in [0.1, 0.15) is 5.82 Å². The number of pyridine rings is 1. The molecule has 0 saturated heterocycles. The molecule has 2 heterocycles. The lowest BCUT2D eigenvalue weighted by Crippen LogP contribution is -2.16. The van der Waals surface area contributed by atoms with Gasteiger partial charge >= 0.3 is 12.2 Å². The Morgan fingerprint density at radius 1 is 1.28 bits per heavy atom. The lowest BCUT2D eigenvalue weighted by atomic mass is 10.1. The number of alkyl halides is 2. The molecule has 0 unspecified atom stereocenters. The van der Waals surface area contributed by atoms with Crippen molar-refractivity contribution >= 4 is 22.5 Å². The highest BCUT2D eigenvalue weighted by atomic mass is 19.3. The Kier molecular flexibility index (Phi) is 4.55. The van der Waals surface area contributed by atoms with Crippen molar-refractivity contribution in [3.63, 3.8) is 0 Å². The number of para-hydroxylation sites is 2. The van der Waals surface area contributed by atoms with Crippen LogP contribution >= 0.6 is 0 Å². The second-order valence-electron chi connectivity index (χ2n) is 5.52. The highest BCUT2D eigenvalue weighted by Crippen LogP contribution is 2.28. The predicted molar refractivity (Wildman–Crippen MR) is 88.8 cm³/mol. The van der Waals surface area contributed by atoms with Crippen molar-refractivity contribution in [3.05, 3.63) is 58.5 Å².